The molecule has 1 saturated heterocycles. The van der Waals surface area contributed by atoms with Crippen molar-refractivity contribution in [3.8, 4) is 5.75 Å². The van der Waals surface area contributed by atoms with E-state index in [1.165, 1.54) is 36.0 Å². The normalized spacial score (nSPS) is 15.0. The van der Waals surface area contributed by atoms with Crippen molar-refractivity contribution >= 4 is 72.9 Å². The van der Waals surface area contributed by atoms with Crippen LogP contribution in [0.15, 0.2) is 99.7 Å². The number of thioether (sulfide) groups is 1. The number of benzene rings is 4. The van der Waals surface area contributed by atoms with E-state index in [-0.39, 0.29) is 46.8 Å². The molecule has 12 heteroatoms. The van der Waals surface area contributed by atoms with E-state index in [1.807, 2.05) is 42.5 Å². The molecule has 0 aliphatic carbocycles. The van der Waals surface area contributed by atoms with E-state index in [0.29, 0.717) is 26.3 Å². The van der Waals surface area contributed by atoms with E-state index in [4.69, 9.17) is 16.3 Å². The maximum Gasteiger partial charge on any atom is 1.00 e. The molecule has 4 aromatic carbocycles. The number of amides is 2. The van der Waals surface area contributed by atoms with Gasteiger partial charge in [0, 0.05) is 11.4 Å². The third-order valence-corrected chi connectivity index (χ3v) is 8.35. The zero-order chi connectivity index (χ0) is 28.3. The first kappa shape index (κ1) is 30.8. The van der Waals surface area contributed by atoms with Crippen LogP contribution in [-0.2, 0) is 26.0 Å². The number of sulfonamides is 1. The summed E-state index contributed by atoms with van der Waals surface area (Å²) in [6.07, 6.45) is 1.61. The van der Waals surface area contributed by atoms with E-state index in [1.54, 1.807) is 31.4 Å². The van der Waals surface area contributed by atoms with E-state index in [2.05, 4.69) is 15.0 Å². The summed E-state index contributed by atoms with van der Waals surface area (Å²) >= 11 is 7.01. The quantitative estimate of drug-likeness (QED) is 0.253. The fraction of sp³-hybridized carbons (Fsp3) is 0.0690. The van der Waals surface area contributed by atoms with Crippen LogP contribution >= 0.6 is 23.4 Å². The van der Waals surface area contributed by atoms with Gasteiger partial charge in [-0.05, 0) is 94.3 Å². The smallest absolute Gasteiger partial charge is 0.541 e. The van der Waals surface area contributed by atoms with Crippen LogP contribution in [-0.4, -0.2) is 32.5 Å². The summed E-state index contributed by atoms with van der Waals surface area (Å²) in [6.45, 7) is 0. The second-order valence-electron chi connectivity index (χ2n) is 8.71. The van der Waals surface area contributed by atoms with Gasteiger partial charge in [0.2, 0.25) is 0 Å². The van der Waals surface area contributed by atoms with Crippen molar-refractivity contribution in [3.63, 3.8) is 0 Å². The Bertz CT molecular complexity index is 1790. The number of nitrogens with zero attached hydrogens (tertiary/aromatic N) is 2. The molecule has 0 bridgehead atoms. The van der Waals surface area contributed by atoms with Gasteiger partial charge in [0.25, 0.3) is 5.91 Å². The SMILES string of the molecule is COc1ccc2cc(C=C3SC(=Nc4ccc(CC(=O)[N-]S(=O)(=O)c5ccc(Cl)cc5)cc4)NC3=O)ccc2c1.[Na+]. The fourth-order valence-corrected chi connectivity index (χ4v) is 5.78. The van der Waals surface area contributed by atoms with Crippen molar-refractivity contribution in [2.24, 2.45) is 4.99 Å². The first-order chi connectivity index (χ1) is 19.2. The summed E-state index contributed by atoms with van der Waals surface area (Å²) < 4.78 is 33.3. The predicted molar refractivity (Wildman–Crippen MR) is 158 cm³/mol. The van der Waals surface area contributed by atoms with Gasteiger partial charge < -0.3 is 19.6 Å². The Hall–Kier alpha value is -3.12. The van der Waals surface area contributed by atoms with Crippen LogP contribution < -0.4 is 39.6 Å². The largest absolute Gasteiger partial charge is 1.00 e. The minimum absolute atomic E-state index is 0. The molecule has 0 atom stereocenters. The predicted octanol–water partition coefficient (Wildman–Crippen LogP) is 3.23. The number of aliphatic imine (C=N–C) groups is 1. The maximum absolute atomic E-state index is 12.5. The van der Waals surface area contributed by atoms with Crippen LogP contribution in [0.1, 0.15) is 11.1 Å². The number of amidine groups is 1. The van der Waals surface area contributed by atoms with Crippen molar-refractivity contribution in [3.05, 3.63) is 111 Å². The molecule has 0 aromatic heterocycles. The topological polar surface area (TPSA) is 116 Å². The van der Waals surface area contributed by atoms with E-state index in [9.17, 15) is 18.0 Å². The molecule has 0 unspecified atom stereocenters. The number of ether oxygens (including phenoxy) is 1. The molecule has 0 spiro atoms. The minimum Gasteiger partial charge on any atom is -0.541 e. The van der Waals surface area contributed by atoms with Gasteiger partial charge in [0.15, 0.2) is 5.17 Å². The van der Waals surface area contributed by atoms with Gasteiger partial charge in [-0.3, -0.25) is 4.79 Å². The van der Waals surface area contributed by atoms with Crippen molar-refractivity contribution in [2.45, 2.75) is 11.3 Å². The Labute approximate surface area is 268 Å². The third kappa shape index (κ3) is 7.79. The first-order valence-corrected chi connectivity index (χ1v) is 14.5. The summed E-state index contributed by atoms with van der Waals surface area (Å²) in [6, 6.07) is 23.8. The Balaban J connectivity index is 0.00000387. The van der Waals surface area contributed by atoms with Crippen LogP contribution in [0.3, 0.4) is 0 Å². The van der Waals surface area contributed by atoms with Gasteiger partial charge in [0.1, 0.15) is 15.8 Å². The van der Waals surface area contributed by atoms with Crippen LogP contribution in [0.5, 0.6) is 5.75 Å². The number of halogens is 1. The molecule has 4 aromatic rings. The Kier molecular flexibility index (Phi) is 9.96. The monoisotopic (exact) mass is 613 g/mol. The summed E-state index contributed by atoms with van der Waals surface area (Å²) in [5.74, 6) is -0.263. The molecule has 41 heavy (non-hydrogen) atoms. The summed E-state index contributed by atoms with van der Waals surface area (Å²) in [5, 5.41) is 5.63. The number of hydrogen-bond acceptors (Lipinski definition) is 7. The number of nitrogens with one attached hydrogen (secondary N) is 1. The van der Waals surface area contributed by atoms with Crippen molar-refractivity contribution in [1.82, 2.24) is 5.32 Å². The molecular weight excluding hydrogens is 593 g/mol. The molecule has 8 nitrogen and oxygen atoms in total. The summed E-state index contributed by atoms with van der Waals surface area (Å²) in [5.41, 5.74) is 2.02. The second-order valence-corrected chi connectivity index (χ2v) is 11.8. The van der Waals surface area contributed by atoms with Crippen LogP contribution in [0.4, 0.5) is 5.69 Å². The standard InChI is InChI=1S/C29H22ClN3O5S2.Na/c1-38-24-11-6-20-14-19(2-5-21(20)17-24)15-26-28(35)32-29(39-26)31-23-9-3-18(4-10-23)16-27(34)33-40(36,37)25-12-7-22(30)8-13-25;/h2-15,17H,16H2,1H3,(H2,31,32,33,34,35);/q;+1/p-1. The molecule has 0 radical (unpaired) electrons. The van der Waals surface area contributed by atoms with E-state index in [0.717, 1.165) is 22.1 Å². The van der Waals surface area contributed by atoms with Crippen LogP contribution in [0, 0.1) is 0 Å². The van der Waals surface area contributed by atoms with Gasteiger partial charge in [-0.1, -0.05) is 41.9 Å². The first-order valence-electron chi connectivity index (χ1n) is 11.9. The van der Waals surface area contributed by atoms with Gasteiger partial charge in [-0.15, -0.1) is 0 Å². The van der Waals surface area contributed by atoms with Crippen molar-refractivity contribution in [2.75, 3.05) is 7.11 Å². The van der Waals surface area contributed by atoms with Gasteiger partial charge in [0.05, 0.1) is 28.5 Å². The number of methoxy groups -OCH3 is 1. The zero-order valence-corrected chi connectivity index (χ0v) is 26.4. The molecule has 1 fully saturated rings. The minimum atomic E-state index is -4.13. The van der Waals surface area contributed by atoms with Gasteiger partial charge in [-0.2, -0.15) is 0 Å². The van der Waals surface area contributed by atoms with Gasteiger partial charge >= 0.3 is 29.6 Å². The molecule has 5 rings (SSSR count). The number of hydrogen-bond donors (Lipinski definition) is 1. The third-order valence-electron chi connectivity index (χ3n) is 5.88. The van der Waals surface area contributed by atoms with Crippen LogP contribution in [0.25, 0.3) is 21.6 Å². The molecular formula is C29H21ClN3NaO5S2. The van der Waals surface area contributed by atoms with Gasteiger partial charge in [-0.25, -0.2) is 13.4 Å². The average Bonchev–Trinajstić information content (AvgIpc) is 3.27. The van der Waals surface area contributed by atoms with E-state index < -0.39 is 15.9 Å². The Morgan fingerprint density at radius 3 is 2.39 bits per heavy atom. The molecule has 202 valence electrons. The summed E-state index contributed by atoms with van der Waals surface area (Å²) in [7, 11) is -2.50. The second kappa shape index (κ2) is 13.2. The molecule has 1 N–H and O–H groups in total. The number of rotatable bonds is 7. The number of carbonyl (C=O) groups is 2. The maximum atomic E-state index is 12.5. The molecule has 1 aliphatic heterocycles. The zero-order valence-electron chi connectivity index (χ0n) is 22.0. The van der Waals surface area contributed by atoms with Crippen molar-refractivity contribution in [1.29, 1.82) is 0 Å². The summed E-state index contributed by atoms with van der Waals surface area (Å²) in [4.78, 5) is 29.7. The number of carbonyl (C=O) groups excluding carboxylic acids is 2. The average molecular weight is 614 g/mol. The van der Waals surface area contributed by atoms with Crippen LogP contribution in [0.2, 0.25) is 5.02 Å². The molecule has 2 amide bonds. The van der Waals surface area contributed by atoms with Crippen molar-refractivity contribution < 1.29 is 52.3 Å². The molecule has 0 saturated carbocycles. The van der Waals surface area contributed by atoms with E-state index >= 15 is 0 Å². The Morgan fingerprint density at radius 2 is 1.68 bits per heavy atom. The molecule has 1 heterocycles. The molecule has 1 aliphatic rings. The Morgan fingerprint density at radius 1 is 1.00 bits per heavy atom. The fourth-order valence-electron chi connectivity index (χ4n) is 3.90. The number of fused-ring (bicyclic) bond motifs is 1.